The minimum Gasteiger partial charge on any atom is -0.396 e. The third-order valence-electron chi connectivity index (χ3n) is 6.18. The summed E-state index contributed by atoms with van der Waals surface area (Å²) in [7, 11) is 0. The van der Waals surface area contributed by atoms with Crippen molar-refractivity contribution in [1.82, 2.24) is 0 Å². The highest BCUT2D eigenvalue weighted by Gasteiger charge is 2.31. The molecule has 0 amide bonds. The molecule has 1 N–H and O–H groups in total. The average Bonchev–Trinajstić information content (AvgIpc) is 2.95. The predicted octanol–water partition coefficient (Wildman–Crippen LogP) is 5.20. The lowest BCUT2D eigenvalue weighted by Gasteiger charge is -2.39. The molecule has 0 aromatic rings. The summed E-state index contributed by atoms with van der Waals surface area (Å²) in [6.45, 7) is 14.2. The highest BCUT2D eigenvalue weighted by atomic mass is 16.5. The van der Waals surface area contributed by atoms with Crippen LogP contribution in [0.1, 0.15) is 86.0 Å². The van der Waals surface area contributed by atoms with E-state index >= 15 is 0 Å². The third kappa shape index (κ3) is 7.84. The Labute approximate surface area is 150 Å². The lowest BCUT2D eigenvalue weighted by molar-refractivity contribution is 0.0123. The summed E-state index contributed by atoms with van der Waals surface area (Å²) in [6, 6.07) is 0. The Morgan fingerprint density at radius 1 is 0.875 bits per heavy atom. The Hall–Kier alpha value is -0.120. The molecule has 1 rings (SSSR count). The number of hydrogen-bond donors (Lipinski definition) is 1. The molecule has 1 saturated heterocycles. The van der Waals surface area contributed by atoms with E-state index in [1.165, 1.54) is 44.9 Å². The Morgan fingerprint density at radius 3 is 2.04 bits per heavy atom. The molecule has 0 aliphatic carbocycles. The summed E-state index contributed by atoms with van der Waals surface area (Å²) >= 11 is 0. The summed E-state index contributed by atoms with van der Waals surface area (Å²) in [5.74, 6) is 0.183. The topological polar surface area (TPSA) is 38.7 Å². The summed E-state index contributed by atoms with van der Waals surface area (Å²) in [4.78, 5) is 0. The number of aliphatic hydroxyl groups excluding tert-OH is 1. The lowest BCUT2D eigenvalue weighted by Crippen LogP contribution is -2.29. The number of aliphatic hydroxyl groups is 1. The number of hydrogen-bond acceptors (Lipinski definition) is 3. The van der Waals surface area contributed by atoms with Crippen LogP contribution in [0.3, 0.4) is 0 Å². The zero-order valence-corrected chi connectivity index (χ0v) is 16.9. The van der Waals surface area contributed by atoms with Gasteiger partial charge in [-0.1, -0.05) is 73.1 Å². The van der Waals surface area contributed by atoms with Crippen LogP contribution in [0.4, 0.5) is 0 Å². The summed E-state index contributed by atoms with van der Waals surface area (Å²) in [6.07, 6.45) is 10.6. The van der Waals surface area contributed by atoms with Gasteiger partial charge in [0.05, 0.1) is 25.9 Å². The van der Waals surface area contributed by atoms with Crippen LogP contribution in [-0.2, 0) is 9.47 Å². The molecule has 0 aromatic carbocycles. The predicted molar refractivity (Wildman–Crippen MR) is 101 cm³/mol. The van der Waals surface area contributed by atoms with Crippen LogP contribution in [-0.4, -0.2) is 37.6 Å². The fourth-order valence-corrected chi connectivity index (χ4v) is 3.10. The molecule has 3 heteroatoms. The number of unbranched alkanes of at least 4 members (excludes halogenated alkanes) is 6. The van der Waals surface area contributed by atoms with Gasteiger partial charge in [-0.2, -0.15) is 0 Å². The molecule has 0 saturated carbocycles. The maximum absolute atomic E-state index is 9.21. The standard InChI is InChI=1S/C21H42O3/c1-20(2,3)21(4,5)13-11-9-7-6-8-10-12-14-24-19-17-23-16-18(19)15-22/h18-19,22H,6-17H2,1-5H3/t18-,19-/m1/s1. The first kappa shape index (κ1) is 21.9. The van der Waals surface area contributed by atoms with Crippen LogP contribution in [0, 0.1) is 16.7 Å². The molecule has 24 heavy (non-hydrogen) atoms. The molecule has 0 spiro atoms. The van der Waals surface area contributed by atoms with Crippen LogP contribution < -0.4 is 0 Å². The van der Waals surface area contributed by atoms with Crippen molar-refractivity contribution in [1.29, 1.82) is 0 Å². The van der Waals surface area contributed by atoms with Crippen molar-refractivity contribution < 1.29 is 14.6 Å². The van der Waals surface area contributed by atoms with Crippen molar-refractivity contribution >= 4 is 0 Å². The van der Waals surface area contributed by atoms with Crippen LogP contribution >= 0.6 is 0 Å². The molecule has 1 heterocycles. The van der Waals surface area contributed by atoms with E-state index in [1.54, 1.807) is 0 Å². The van der Waals surface area contributed by atoms with E-state index in [-0.39, 0.29) is 18.6 Å². The minimum absolute atomic E-state index is 0.112. The van der Waals surface area contributed by atoms with E-state index in [0.29, 0.717) is 24.0 Å². The van der Waals surface area contributed by atoms with E-state index in [2.05, 4.69) is 34.6 Å². The molecule has 1 fully saturated rings. The summed E-state index contributed by atoms with van der Waals surface area (Å²) in [5.41, 5.74) is 0.826. The second kappa shape index (κ2) is 10.8. The smallest absolute Gasteiger partial charge is 0.0880 e. The minimum atomic E-state index is 0.112. The summed E-state index contributed by atoms with van der Waals surface area (Å²) in [5, 5.41) is 9.21. The maximum Gasteiger partial charge on any atom is 0.0880 e. The van der Waals surface area contributed by atoms with Gasteiger partial charge >= 0.3 is 0 Å². The highest BCUT2D eigenvalue weighted by Crippen LogP contribution is 2.41. The van der Waals surface area contributed by atoms with Gasteiger partial charge in [-0.3, -0.25) is 0 Å². The first-order chi connectivity index (χ1) is 11.3. The first-order valence-corrected chi connectivity index (χ1v) is 10.1. The summed E-state index contributed by atoms with van der Waals surface area (Å²) < 4.78 is 11.2. The van der Waals surface area contributed by atoms with Crippen molar-refractivity contribution in [3.63, 3.8) is 0 Å². The van der Waals surface area contributed by atoms with Gasteiger partial charge in [-0.05, 0) is 23.7 Å². The molecule has 0 bridgehead atoms. The van der Waals surface area contributed by atoms with E-state index in [0.717, 1.165) is 13.0 Å². The fraction of sp³-hybridized carbons (Fsp3) is 1.00. The van der Waals surface area contributed by atoms with Crippen molar-refractivity contribution in [2.75, 3.05) is 26.4 Å². The number of rotatable bonds is 12. The van der Waals surface area contributed by atoms with Crippen LogP contribution in [0.15, 0.2) is 0 Å². The Kier molecular flexibility index (Phi) is 9.84. The Bertz CT molecular complexity index is 320. The monoisotopic (exact) mass is 342 g/mol. The van der Waals surface area contributed by atoms with E-state index in [9.17, 15) is 5.11 Å². The zero-order chi connectivity index (χ0) is 18.1. The second-order valence-electron chi connectivity index (χ2n) is 9.25. The van der Waals surface area contributed by atoms with Gasteiger partial charge in [0, 0.05) is 12.5 Å². The lowest BCUT2D eigenvalue weighted by atomic mass is 9.67. The largest absolute Gasteiger partial charge is 0.396 e. The van der Waals surface area contributed by atoms with E-state index < -0.39 is 0 Å². The molecule has 3 nitrogen and oxygen atoms in total. The molecule has 0 radical (unpaired) electrons. The van der Waals surface area contributed by atoms with Crippen molar-refractivity contribution in [2.24, 2.45) is 16.7 Å². The fourth-order valence-electron chi connectivity index (χ4n) is 3.10. The van der Waals surface area contributed by atoms with Gasteiger partial charge in [0.2, 0.25) is 0 Å². The number of ether oxygens (including phenoxy) is 2. The van der Waals surface area contributed by atoms with Crippen LogP contribution in [0.5, 0.6) is 0 Å². The van der Waals surface area contributed by atoms with Gasteiger partial charge in [-0.25, -0.2) is 0 Å². The zero-order valence-electron chi connectivity index (χ0n) is 16.9. The molecular formula is C21H42O3. The molecule has 0 aromatic heterocycles. The van der Waals surface area contributed by atoms with Gasteiger partial charge in [0.25, 0.3) is 0 Å². The maximum atomic E-state index is 9.21. The third-order valence-corrected chi connectivity index (χ3v) is 6.18. The second-order valence-corrected chi connectivity index (χ2v) is 9.25. The van der Waals surface area contributed by atoms with Gasteiger partial charge in [0.1, 0.15) is 0 Å². The van der Waals surface area contributed by atoms with Gasteiger partial charge in [0.15, 0.2) is 0 Å². The van der Waals surface area contributed by atoms with Crippen molar-refractivity contribution in [2.45, 2.75) is 92.1 Å². The molecular weight excluding hydrogens is 300 g/mol. The molecule has 144 valence electrons. The van der Waals surface area contributed by atoms with Gasteiger partial charge < -0.3 is 14.6 Å². The van der Waals surface area contributed by atoms with E-state index in [1.807, 2.05) is 0 Å². The molecule has 0 unspecified atom stereocenters. The van der Waals surface area contributed by atoms with Crippen LogP contribution in [0.2, 0.25) is 0 Å². The highest BCUT2D eigenvalue weighted by molar-refractivity contribution is 4.82. The average molecular weight is 343 g/mol. The molecule has 1 aliphatic heterocycles. The quantitative estimate of drug-likeness (QED) is 0.495. The normalized spacial score (nSPS) is 22.2. The molecule has 2 atom stereocenters. The first-order valence-electron chi connectivity index (χ1n) is 10.1. The van der Waals surface area contributed by atoms with Crippen LogP contribution in [0.25, 0.3) is 0 Å². The van der Waals surface area contributed by atoms with Crippen molar-refractivity contribution in [3.8, 4) is 0 Å². The Morgan fingerprint density at radius 2 is 1.46 bits per heavy atom. The van der Waals surface area contributed by atoms with Crippen molar-refractivity contribution in [3.05, 3.63) is 0 Å². The van der Waals surface area contributed by atoms with Gasteiger partial charge in [-0.15, -0.1) is 0 Å². The Balaban J connectivity index is 1.91. The molecule has 1 aliphatic rings. The van der Waals surface area contributed by atoms with E-state index in [4.69, 9.17) is 9.47 Å². The SMILES string of the molecule is CC(C)(C)C(C)(C)CCCCCCCCCO[C@@H]1COC[C@H]1CO.